The zero-order chi connectivity index (χ0) is 19.6. The largest absolute Gasteiger partial charge is 0.462 e. The SMILES string of the molecule is CN1c2ccccc2[C@H]2CC1(c1ccccc1)Oc1c2c(=O)oc2ccccc12. The first-order valence-electron chi connectivity index (χ1n) is 9.82. The molecule has 0 amide bonds. The molecular weight excluding hydrogens is 362 g/mol. The van der Waals surface area contributed by atoms with Gasteiger partial charge in [-0.25, -0.2) is 4.79 Å². The highest BCUT2D eigenvalue weighted by Crippen LogP contribution is 2.56. The molecule has 29 heavy (non-hydrogen) atoms. The van der Waals surface area contributed by atoms with E-state index < -0.39 is 5.72 Å². The maximum atomic E-state index is 13.0. The van der Waals surface area contributed by atoms with Gasteiger partial charge in [-0.05, 0) is 23.8 Å². The second-order valence-electron chi connectivity index (χ2n) is 7.76. The van der Waals surface area contributed by atoms with E-state index in [4.69, 9.17) is 9.15 Å². The minimum atomic E-state index is -0.691. The number of fused-ring (bicyclic) bond motifs is 8. The van der Waals surface area contributed by atoms with Gasteiger partial charge in [0.05, 0.1) is 10.9 Å². The minimum absolute atomic E-state index is 0.0905. The molecule has 3 aromatic carbocycles. The molecule has 2 bridgehead atoms. The Kier molecular flexibility index (Phi) is 3.25. The lowest BCUT2D eigenvalue weighted by Crippen LogP contribution is -2.55. The highest BCUT2D eigenvalue weighted by Gasteiger charge is 2.52. The Hall–Kier alpha value is -3.53. The second-order valence-corrected chi connectivity index (χ2v) is 7.76. The molecule has 0 radical (unpaired) electrons. The van der Waals surface area contributed by atoms with E-state index in [2.05, 4.69) is 36.2 Å². The number of rotatable bonds is 1. The van der Waals surface area contributed by atoms with Crippen molar-refractivity contribution < 1.29 is 9.15 Å². The summed E-state index contributed by atoms with van der Waals surface area (Å²) in [6, 6.07) is 26.1. The van der Waals surface area contributed by atoms with Crippen molar-refractivity contribution in [2.24, 2.45) is 0 Å². The normalized spacial score (nSPS) is 22.0. The van der Waals surface area contributed by atoms with Crippen LogP contribution in [0.4, 0.5) is 5.69 Å². The van der Waals surface area contributed by atoms with Gasteiger partial charge < -0.3 is 14.1 Å². The van der Waals surface area contributed by atoms with Crippen LogP contribution in [-0.4, -0.2) is 7.05 Å². The van der Waals surface area contributed by atoms with Gasteiger partial charge in [0.15, 0.2) is 0 Å². The lowest BCUT2D eigenvalue weighted by Gasteiger charge is -2.52. The average molecular weight is 381 g/mol. The average Bonchev–Trinajstić information content (AvgIpc) is 2.78. The smallest absolute Gasteiger partial charge is 0.343 e. The third-order valence-corrected chi connectivity index (χ3v) is 6.34. The summed E-state index contributed by atoms with van der Waals surface area (Å²) in [6.45, 7) is 0. The lowest BCUT2D eigenvalue weighted by molar-refractivity contribution is 0.0312. The highest BCUT2D eigenvalue weighted by molar-refractivity contribution is 5.86. The summed E-state index contributed by atoms with van der Waals surface area (Å²) in [7, 11) is 2.07. The molecule has 4 heteroatoms. The summed E-state index contributed by atoms with van der Waals surface area (Å²) >= 11 is 0. The fourth-order valence-electron chi connectivity index (χ4n) is 4.96. The number of hydrogen-bond acceptors (Lipinski definition) is 4. The summed E-state index contributed by atoms with van der Waals surface area (Å²) in [5.74, 6) is 0.547. The molecule has 0 N–H and O–H groups in total. The van der Waals surface area contributed by atoms with Crippen LogP contribution in [0.2, 0.25) is 0 Å². The van der Waals surface area contributed by atoms with Crippen molar-refractivity contribution in [2.45, 2.75) is 18.1 Å². The maximum absolute atomic E-state index is 13.0. The van der Waals surface area contributed by atoms with Crippen molar-refractivity contribution in [3.05, 3.63) is 106 Å². The van der Waals surface area contributed by atoms with Crippen LogP contribution >= 0.6 is 0 Å². The number of para-hydroxylation sites is 2. The molecule has 142 valence electrons. The molecular formula is C25H19NO3. The van der Waals surface area contributed by atoms with E-state index in [-0.39, 0.29) is 11.5 Å². The van der Waals surface area contributed by atoms with E-state index in [1.165, 1.54) is 0 Å². The van der Waals surface area contributed by atoms with E-state index >= 15 is 0 Å². The molecule has 3 heterocycles. The molecule has 0 aliphatic carbocycles. The highest BCUT2D eigenvalue weighted by atomic mass is 16.5. The fourth-order valence-corrected chi connectivity index (χ4v) is 4.96. The van der Waals surface area contributed by atoms with E-state index in [1.54, 1.807) is 0 Å². The number of benzene rings is 3. The first kappa shape index (κ1) is 16.4. The van der Waals surface area contributed by atoms with Crippen molar-refractivity contribution in [2.75, 3.05) is 11.9 Å². The molecule has 0 fully saturated rings. The summed E-state index contributed by atoms with van der Waals surface area (Å²) in [5, 5.41) is 0.833. The van der Waals surface area contributed by atoms with E-state index in [1.807, 2.05) is 54.6 Å². The van der Waals surface area contributed by atoms with Gasteiger partial charge in [0.1, 0.15) is 11.3 Å². The van der Waals surface area contributed by atoms with Crippen molar-refractivity contribution in [1.29, 1.82) is 0 Å². The van der Waals surface area contributed by atoms with Gasteiger partial charge in [0.25, 0.3) is 0 Å². The number of anilines is 1. The molecule has 0 spiro atoms. The Labute approximate surface area is 168 Å². The van der Waals surface area contributed by atoms with Crippen LogP contribution < -0.4 is 15.3 Å². The lowest BCUT2D eigenvalue weighted by atomic mass is 9.75. The Morgan fingerprint density at radius 3 is 2.52 bits per heavy atom. The maximum Gasteiger partial charge on any atom is 0.343 e. The summed E-state index contributed by atoms with van der Waals surface area (Å²) < 4.78 is 12.5. The van der Waals surface area contributed by atoms with Crippen LogP contribution in [0.15, 0.2) is 88.1 Å². The fraction of sp³-hybridized carbons (Fsp3) is 0.160. The third-order valence-electron chi connectivity index (χ3n) is 6.34. The molecule has 4 aromatic rings. The molecule has 4 nitrogen and oxygen atoms in total. The standard InChI is InChI=1S/C25H19NO3/c1-26-20-13-7-5-11-17(20)19-15-25(26,16-9-3-2-4-10-16)29-23-18-12-6-8-14-21(18)28-24(27)22(19)23/h2-14,19H,15H2,1H3/t19-,25?/m1/s1. The van der Waals surface area contributed by atoms with Gasteiger partial charge in [-0.15, -0.1) is 0 Å². The summed E-state index contributed by atoms with van der Waals surface area (Å²) in [5.41, 5.74) is 3.45. The predicted octanol–water partition coefficient (Wildman–Crippen LogP) is 5.01. The van der Waals surface area contributed by atoms with Crippen LogP contribution in [0.25, 0.3) is 11.0 Å². The van der Waals surface area contributed by atoms with Crippen molar-refractivity contribution in [1.82, 2.24) is 0 Å². The van der Waals surface area contributed by atoms with Gasteiger partial charge in [-0.3, -0.25) is 0 Å². The number of nitrogens with zero attached hydrogens (tertiary/aromatic N) is 1. The van der Waals surface area contributed by atoms with Crippen LogP contribution in [0.1, 0.15) is 29.0 Å². The molecule has 1 aromatic heterocycles. The van der Waals surface area contributed by atoms with E-state index in [0.717, 1.165) is 22.2 Å². The molecule has 2 atom stereocenters. The molecule has 0 saturated carbocycles. The predicted molar refractivity (Wildman–Crippen MR) is 113 cm³/mol. The zero-order valence-electron chi connectivity index (χ0n) is 16.0. The first-order valence-corrected chi connectivity index (χ1v) is 9.82. The van der Waals surface area contributed by atoms with Gasteiger partial charge in [0, 0.05) is 30.6 Å². The van der Waals surface area contributed by atoms with Crippen LogP contribution in [0.3, 0.4) is 0 Å². The molecule has 2 aliphatic rings. The Bertz CT molecular complexity index is 1310. The van der Waals surface area contributed by atoms with E-state index in [9.17, 15) is 4.79 Å². The van der Waals surface area contributed by atoms with Crippen LogP contribution in [-0.2, 0) is 5.72 Å². The van der Waals surface area contributed by atoms with Gasteiger partial charge in [-0.2, -0.15) is 0 Å². The van der Waals surface area contributed by atoms with Crippen molar-refractivity contribution in [3.8, 4) is 5.75 Å². The van der Waals surface area contributed by atoms with E-state index in [0.29, 0.717) is 23.3 Å². The monoisotopic (exact) mass is 381 g/mol. The minimum Gasteiger partial charge on any atom is -0.462 e. The molecule has 1 unspecified atom stereocenters. The number of hydrogen-bond donors (Lipinski definition) is 0. The van der Waals surface area contributed by atoms with Crippen molar-refractivity contribution in [3.63, 3.8) is 0 Å². The summed E-state index contributed by atoms with van der Waals surface area (Å²) in [4.78, 5) is 15.3. The van der Waals surface area contributed by atoms with Gasteiger partial charge >= 0.3 is 5.63 Å². The Morgan fingerprint density at radius 2 is 1.66 bits per heavy atom. The zero-order valence-corrected chi connectivity index (χ0v) is 16.0. The Morgan fingerprint density at radius 1 is 0.931 bits per heavy atom. The third kappa shape index (κ3) is 2.11. The molecule has 0 saturated heterocycles. The van der Waals surface area contributed by atoms with Gasteiger partial charge in [0.2, 0.25) is 5.72 Å². The van der Waals surface area contributed by atoms with Crippen molar-refractivity contribution >= 4 is 16.7 Å². The van der Waals surface area contributed by atoms with Crippen LogP contribution in [0, 0.1) is 0 Å². The molecule has 2 aliphatic heterocycles. The summed E-state index contributed by atoms with van der Waals surface area (Å²) in [6.07, 6.45) is 0.653. The Balaban J connectivity index is 1.74. The second kappa shape index (κ2) is 5.74. The topological polar surface area (TPSA) is 42.7 Å². The quantitative estimate of drug-likeness (QED) is 0.435. The first-order chi connectivity index (χ1) is 14.2. The van der Waals surface area contributed by atoms with Gasteiger partial charge in [-0.1, -0.05) is 60.7 Å². The molecule has 6 rings (SSSR count). The van der Waals surface area contributed by atoms with Crippen LogP contribution in [0.5, 0.6) is 5.75 Å². The number of ether oxygens (including phenoxy) is 1.